The maximum atomic E-state index is 6.59. The van der Waals surface area contributed by atoms with Crippen LogP contribution in [0.3, 0.4) is 0 Å². The van der Waals surface area contributed by atoms with Crippen LogP contribution in [-0.4, -0.2) is 15.0 Å². The molecule has 1 aromatic heterocycles. The summed E-state index contributed by atoms with van der Waals surface area (Å²) in [7, 11) is 0. The van der Waals surface area contributed by atoms with Crippen LogP contribution in [0, 0.1) is 0 Å². The van der Waals surface area contributed by atoms with Crippen LogP contribution in [0.25, 0.3) is 0 Å². The predicted molar refractivity (Wildman–Crippen MR) is 90.5 cm³/mol. The third-order valence-corrected chi connectivity index (χ3v) is 5.09. The fourth-order valence-electron chi connectivity index (χ4n) is 3.40. The van der Waals surface area contributed by atoms with E-state index in [2.05, 4.69) is 42.5 Å². The number of hydrogen-bond donors (Lipinski definition) is 0. The number of aromatic nitrogens is 3. The molecule has 4 heteroatoms. The van der Waals surface area contributed by atoms with E-state index < -0.39 is 0 Å². The molecule has 0 N–H and O–H groups in total. The molecular weight excluding hydrogens is 294 g/mol. The van der Waals surface area contributed by atoms with Gasteiger partial charge in [0.1, 0.15) is 0 Å². The Morgan fingerprint density at radius 1 is 1.18 bits per heavy atom. The van der Waals surface area contributed by atoms with E-state index in [1.165, 1.54) is 42.4 Å². The van der Waals surface area contributed by atoms with Crippen LogP contribution in [0.15, 0.2) is 18.3 Å². The molecule has 1 aliphatic rings. The topological polar surface area (TPSA) is 30.7 Å². The molecule has 0 bridgehead atoms. The highest BCUT2D eigenvalue weighted by Gasteiger charge is 2.19. The minimum atomic E-state index is 0.418. The van der Waals surface area contributed by atoms with Crippen molar-refractivity contribution in [3.8, 4) is 0 Å². The van der Waals surface area contributed by atoms with Gasteiger partial charge in [0.15, 0.2) is 0 Å². The van der Waals surface area contributed by atoms with Gasteiger partial charge in [0, 0.05) is 24.2 Å². The molecule has 0 spiro atoms. The monoisotopic (exact) mass is 317 g/mol. The summed E-state index contributed by atoms with van der Waals surface area (Å²) in [6.07, 6.45) is 9.00. The van der Waals surface area contributed by atoms with Crippen LogP contribution < -0.4 is 0 Å². The van der Waals surface area contributed by atoms with E-state index in [1.54, 1.807) is 0 Å². The van der Waals surface area contributed by atoms with Gasteiger partial charge in [-0.2, -0.15) is 0 Å². The average Bonchev–Trinajstić information content (AvgIpc) is 3.00. The van der Waals surface area contributed by atoms with Gasteiger partial charge in [0.25, 0.3) is 0 Å². The van der Waals surface area contributed by atoms with Gasteiger partial charge in [-0.15, -0.1) is 5.10 Å². The maximum absolute atomic E-state index is 6.59. The van der Waals surface area contributed by atoms with Crippen LogP contribution in [0.2, 0.25) is 5.02 Å². The molecule has 0 radical (unpaired) electrons. The standard InChI is InChI=1S/C18H24ClN3/c1-3-13(9-16-12-22(4-2)21-20-16)17-10-14-7-5-6-8-15(14)11-18(17)19/h10-13H,3-9H2,1-2H3. The van der Waals surface area contributed by atoms with Crippen LogP contribution in [0.5, 0.6) is 0 Å². The van der Waals surface area contributed by atoms with E-state index in [-0.39, 0.29) is 0 Å². The van der Waals surface area contributed by atoms with Gasteiger partial charge in [-0.25, -0.2) is 0 Å². The summed E-state index contributed by atoms with van der Waals surface area (Å²) < 4.78 is 1.89. The van der Waals surface area contributed by atoms with Crippen molar-refractivity contribution in [2.75, 3.05) is 0 Å². The molecule has 0 aliphatic heterocycles. The first kappa shape index (κ1) is 15.5. The molecule has 0 fully saturated rings. The lowest BCUT2D eigenvalue weighted by Crippen LogP contribution is -2.08. The zero-order valence-electron chi connectivity index (χ0n) is 13.5. The van der Waals surface area contributed by atoms with Crippen molar-refractivity contribution in [2.45, 2.75) is 64.8 Å². The minimum absolute atomic E-state index is 0.418. The Bertz CT molecular complexity index is 648. The Kier molecular flexibility index (Phi) is 4.82. The second-order valence-corrected chi connectivity index (χ2v) is 6.63. The van der Waals surface area contributed by atoms with Crippen molar-refractivity contribution >= 4 is 11.6 Å². The Morgan fingerprint density at radius 3 is 2.55 bits per heavy atom. The number of rotatable bonds is 5. The Balaban J connectivity index is 1.86. The van der Waals surface area contributed by atoms with Crippen molar-refractivity contribution in [3.63, 3.8) is 0 Å². The summed E-state index contributed by atoms with van der Waals surface area (Å²) in [5.41, 5.74) is 5.30. The van der Waals surface area contributed by atoms with Crippen LogP contribution in [0.4, 0.5) is 0 Å². The number of fused-ring (bicyclic) bond motifs is 1. The van der Waals surface area contributed by atoms with Gasteiger partial charge >= 0.3 is 0 Å². The number of hydrogen-bond acceptors (Lipinski definition) is 2. The molecule has 0 saturated carbocycles. The van der Waals surface area contributed by atoms with Crippen LogP contribution >= 0.6 is 11.6 Å². The van der Waals surface area contributed by atoms with Crippen molar-refractivity contribution in [3.05, 3.63) is 45.7 Å². The van der Waals surface area contributed by atoms with Crippen molar-refractivity contribution in [1.29, 1.82) is 0 Å². The van der Waals surface area contributed by atoms with Crippen LogP contribution in [0.1, 0.15) is 61.4 Å². The summed E-state index contributed by atoms with van der Waals surface area (Å²) in [5, 5.41) is 9.36. The van der Waals surface area contributed by atoms with Gasteiger partial charge in [-0.1, -0.05) is 29.8 Å². The molecule has 22 heavy (non-hydrogen) atoms. The Hall–Kier alpha value is -1.35. The molecule has 1 aromatic carbocycles. The van der Waals surface area contributed by atoms with E-state index >= 15 is 0 Å². The highest BCUT2D eigenvalue weighted by Crippen LogP contribution is 2.34. The number of halogens is 1. The number of nitrogens with zero attached hydrogens (tertiary/aromatic N) is 3. The quantitative estimate of drug-likeness (QED) is 0.809. The molecule has 2 aromatic rings. The smallest absolute Gasteiger partial charge is 0.0833 e. The molecule has 1 unspecified atom stereocenters. The van der Waals surface area contributed by atoms with Gasteiger partial charge in [0.05, 0.1) is 5.69 Å². The van der Waals surface area contributed by atoms with Gasteiger partial charge < -0.3 is 0 Å². The van der Waals surface area contributed by atoms with Gasteiger partial charge in [-0.05, 0) is 67.7 Å². The largest absolute Gasteiger partial charge is 0.253 e. The lowest BCUT2D eigenvalue weighted by atomic mass is 9.85. The zero-order chi connectivity index (χ0) is 15.5. The molecular formula is C18H24ClN3. The predicted octanol–water partition coefficient (Wildman–Crippen LogP) is 4.57. The van der Waals surface area contributed by atoms with E-state index in [9.17, 15) is 0 Å². The lowest BCUT2D eigenvalue weighted by Gasteiger charge is -2.22. The summed E-state index contributed by atoms with van der Waals surface area (Å²) in [4.78, 5) is 0. The minimum Gasteiger partial charge on any atom is -0.253 e. The normalized spacial score (nSPS) is 15.6. The first-order valence-electron chi connectivity index (χ1n) is 8.41. The summed E-state index contributed by atoms with van der Waals surface area (Å²) in [5.74, 6) is 0.418. The lowest BCUT2D eigenvalue weighted by molar-refractivity contribution is 0.624. The Morgan fingerprint density at radius 2 is 1.91 bits per heavy atom. The second kappa shape index (κ2) is 6.82. The molecule has 118 valence electrons. The van der Waals surface area contributed by atoms with Gasteiger partial charge in [-0.3, -0.25) is 4.68 Å². The summed E-state index contributed by atoms with van der Waals surface area (Å²) in [6.45, 7) is 5.17. The molecule has 1 aliphatic carbocycles. The Labute approximate surface area is 137 Å². The summed E-state index contributed by atoms with van der Waals surface area (Å²) in [6, 6.07) is 4.56. The molecule has 0 saturated heterocycles. The number of benzene rings is 1. The third-order valence-electron chi connectivity index (χ3n) is 4.76. The SMILES string of the molecule is CCC(Cc1cn(CC)nn1)c1cc2c(cc1Cl)CCCC2. The maximum Gasteiger partial charge on any atom is 0.0833 e. The first-order chi connectivity index (χ1) is 10.7. The molecule has 3 nitrogen and oxygen atoms in total. The van der Waals surface area contributed by atoms with E-state index in [0.29, 0.717) is 5.92 Å². The van der Waals surface area contributed by atoms with Crippen molar-refractivity contribution in [1.82, 2.24) is 15.0 Å². The highest BCUT2D eigenvalue weighted by atomic mass is 35.5. The fraction of sp³-hybridized carbons (Fsp3) is 0.556. The van der Waals surface area contributed by atoms with Crippen molar-refractivity contribution in [2.24, 2.45) is 0 Å². The van der Waals surface area contributed by atoms with Crippen LogP contribution in [-0.2, 0) is 25.8 Å². The number of aryl methyl sites for hydroxylation is 3. The molecule has 1 atom stereocenters. The fourth-order valence-corrected chi connectivity index (χ4v) is 3.74. The first-order valence-corrected chi connectivity index (χ1v) is 8.79. The van der Waals surface area contributed by atoms with Gasteiger partial charge in [0.2, 0.25) is 0 Å². The summed E-state index contributed by atoms with van der Waals surface area (Å²) >= 11 is 6.59. The van der Waals surface area contributed by atoms with Crippen molar-refractivity contribution < 1.29 is 0 Å². The van der Waals surface area contributed by atoms with E-state index in [4.69, 9.17) is 11.6 Å². The molecule has 1 heterocycles. The third kappa shape index (κ3) is 3.19. The molecule has 0 amide bonds. The average molecular weight is 318 g/mol. The molecule has 3 rings (SSSR count). The highest BCUT2D eigenvalue weighted by molar-refractivity contribution is 6.31. The second-order valence-electron chi connectivity index (χ2n) is 6.22. The zero-order valence-corrected chi connectivity index (χ0v) is 14.2. The van der Waals surface area contributed by atoms with E-state index in [0.717, 1.165) is 30.1 Å². The van der Waals surface area contributed by atoms with E-state index in [1.807, 2.05) is 4.68 Å².